The first kappa shape index (κ1) is 14.8. The van der Waals surface area contributed by atoms with Crippen molar-refractivity contribution in [3.63, 3.8) is 0 Å². The number of morpholine rings is 1. The normalized spacial score (nSPS) is 17.5. The molecule has 0 spiro atoms. The van der Waals surface area contributed by atoms with Crippen LogP contribution in [0.4, 0.5) is 0 Å². The van der Waals surface area contributed by atoms with Crippen molar-refractivity contribution in [3.8, 4) is 5.75 Å². The maximum atomic E-state index is 11.2. The Labute approximate surface area is 119 Å². The first-order chi connectivity index (χ1) is 9.70. The number of nitrogens with zero attached hydrogens (tertiary/aromatic N) is 1. The summed E-state index contributed by atoms with van der Waals surface area (Å²) in [6, 6.07) is 8.20. The minimum absolute atomic E-state index is 0.00299. The van der Waals surface area contributed by atoms with E-state index in [4.69, 9.17) is 9.47 Å². The zero-order valence-corrected chi connectivity index (χ0v) is 12.1. The van der Waals surface area contributed by atoms with Crippen molar-refractivity contribution in [2.45, 2.75) is 13.0 Å². The fourth-order valence-corrected chi connectivity index (χ4v) is 2.41. The van der Waals surface area contributed by atoms with Gasteiger partial charge >= 0.3 is 0 Å². The van der Waals surface area contributed by atoms with E-state index in [1.165, 1.54) is 5.56 Å². The monoisotopic (exact) mass is 278 g/mol. The molecular weight excluding hydrogens is 256 g/mol. The Hall–Kier alpha value is -1.59. The molecule has 2 rings (SSSR count). The molecule has 1 unspecified atom stereocenters. The van der Waals surface area contributed by atoms with Gasteiger partial charge in [0.25, 0.3) is 0 Å². The van der Waals surface area contributed by atoms with E-state index in [1.54, 1.807) is 14.0 Å². The number of benzene rings is 1. The van der Waals surface area contributed by atoms with Crippen LogP contribution in [0.1, 0.15) is 18.5 Å². The van der Waals surface area contributed by atoms with Crippen LogP contribution in [0.3, 0.4) is 0 Å². The molecule has 1 aliphatic rings. The lowest BCUT2D eigenvalue weighted by Crippen LogP contribution is -2.43. The molecule has 1 aliphatic heterocycles. The Bertz CT molecular complexity index is 427. The van der Waals surface area contributed by atoms with E-state index in [9.17, 15) is 4.79 Å². The van der Waals surface area contributed by atoms with Gasteiger partial charge in [-0.2, -0.15) is 0 Å². The van der Waals surface area contributed by atoms with E-state index >= 15 is 0 Å². The van der Waals surface area contributed by atoms with Crippen LogP contribution in [0.2, 0.25) is 0 Å². The van der Waals surface area contributed by atoms with Gasteiger partial charge in [-0.25, -0.2) is 0 Å². The lowest BCUT2D eigenvalue weighted by atomic mass is 10.0. The van der Waals surface area contributed by atoms with Gasteiger partial charge in [0.2, 0.25) is 5.91 Å². The van der Waals surface area contributed by atoms with Gasteiger partial charge in [-0.3, -0.25) is 9.69 Å². The minimum Gasteiger partial charge on any atom is -0.497 e. The Morgan fingerprint density at radius 3 is 2.55 bits per heavy atom. The molecule has 0 aromatic heterocycles. The average Bonchev–Trinajstić information content (AvgIpc) is 2.49. The van der Waals surface area contributed by atoms with E-state index in [-0.39, 0.29) is 11.9 Å². The Morgan fingerprint density at radius 1 is 1.35 bits per heavy atom. The summed E-state index contributed by atoms with van der Waals surface area (Å²) >= 11 is 0. The maximum Gasteiger partial charge on any atom is 0.216 e. The van der Waals surface area contributed by atoms with Crippen LogP contribution in [0, 0.1) is 0 Å². The number of hydrogen-bond acceptors (Lipinski definition) is 4. The van der Waals surface area contributed by atoms with E-state index < -0.39 is 0 Å². The third kappa shape index (κ3) is 3.95. The molecular formula is C15H22N2O3. The predicted molar refractivity (Wildman–Crippen MR) is 76.8 cm³/mol. The zero-order valence-electron chi connectivity index (χ0n) is 12.1. The topological polar surface area (TPSA) is 50.8 Å². The molecule has 1 N–H and O–H groups in total. The highest BCUT2D eigenvalue weighted by atomic mass is 16.5. The minimum atomic E-state index is -0.00299. The molecule has 0 aliphatic carbocycles. The van der Waals surface area contributed by atoms with Crippen molar-refractivity contribution in [3.05, 3.63) is 29.8 Å². The van der Waals surface area contributed by atoms with Gasteiger partial charge in [0.1, 0.15) is 5.75 Å². The summed E-state index contributed by atoms with van der Waals surface area (Å²) in [7, 11) is 1.66. The second kappa shape index (κ2) is 7.26. The van der Waals surface area contributed by atoms with E-state index in [2.05, 4.69) is 22.3 Å². The molecule has 1 heterocycles. The fraction of sp³-hybridized carbons (Fsp3) is 0.533. The van der Waals surface area contributed by atoms with Crippen LogP contribution in [0.5, 0.6) is 5.75 Å². The molecule has 1 fully saturated rings. The number of nitrogens with one attached hydrogen (secondary N) is 1. The number of rotatable bonds is 5. The number of methoxy groups -OCH3 is 1. The van der Waals surface area contributed by atoms with Gasteiger partial charge in [-0.15, -0.1) is 0 Å². The van der Waals surface area contributed by atoms with E-state index in [0.29, 0.717) is 6.54 Å². The molecule has 110 valence electrons. The fourth-order valence-electron chi connectivity index (χ4n) is 2.41. The van der Waals surface area contributed by atoms with Crippen molar-refractivity contribution >= 4 is 5.91 Å². The predicted octanol–water partition coefficient (Wildman–Crippen LogP) is 1.20. The Morgan fingerprint density at radius 2 is 2.00 bits per heavy atom. The van der Waals surface area contributed by atoms with Crippen LogP contribution in [-0.2, 0) is 9.53 Å². The number of carbonyl (C=O) groups is 1. The van der Waals surface area contributed by atoms with E-state index in [1.807, 2.05) is 12.1 Å². The highest BCUT2D eigenvalue weighted by Crippen LogP contribution is 2.23. The largest absolute Gasteiger partial charge is 0.497 e. The van der Waals surface area contributed by atoms with Crippen molar-refractivity contribution in [1.29, 1.82) is 0 Å². The van der Waals surface area contributed by atoms with Gasteiger partial charge in [-0.05, 0) is 17.7 Å². The van der Waals surface area contributed by atoms with Gasteiger partial charge in [0.15, 0.2) is 0 Å². The summed E-state index contributed by atoms with van der Waals surface area (Å²) < 4.78 is 10.6. The third-order valence-corrected chi connectivity index (χ3v) is 3.53. The molecule has 0 radical (unpaired) electrons. The summed E-state index contributed by atoms with van der Waals surface area (Å²) in [5, 5.41) is 2.92. The molecule has 1 amide bonds. The highest BCUT2D eigenvalue weighted by molar-refractivity contribution is 5.72. The van der Waals surface area contributed by atoms with Crippen molar-refractivity contribution < 1.29 is 14.3 Å². The third-order valence-electron chi connectivity index (χ3n) is 3.53. The molecule has 0 saturated carbocycles. The average molecular weight is 278 g/mol. The van der Waals surface area contributed by atoms with Gasteiger partial charge in [-0.1, -0.05) is 12.1 Å². The maximum absolute atomic E-state index is 11.2. The van der Waals surface area contributed by atoms with Gasteiger partial charge in [0.05, 0.1) is 26.4 Å². The quantitative estimate of drug-likeness (QED) is 0.879. The molecule has 5 nitrogen and oxygen atoms in total. The lowest BCUT2D eigenvalue weighted by Gasteiger charge is -2.34. The SMILES string of the molecule is COc1ccc(C(CNC(C)=O)N2CCOCC2)cc1. The number of amides is 1. The summed E-state index contributed by atoms with van der Waals surface area (Å²) in [5.74, 6) is 0.839. The van der Waals surface area contributed by atoms with Crippen LogP contribution in [0.25, 0.3) is 0 Å². The smallest absolute Gasteiger partial charge is 0.216 e. The van der Waals surface area contributed by atoms with Gasteiger partial charge < -0.3 is 14.8 Å². The Kier molecular flexibility index (Phi) is 5.38. The molecule has 0 bridgehead atoms. The summed E-state index contributed by atoms with van der Waals surface area (Å²) in [4.78, 5) is 13.5. The van der Waals surface area contributed by atoms with Crippen molar-refractivity contribution in [1.82, 2.24) is 10.2 Å². The van der Waals surface area contributed by atoms with Crippen molar-refractivity contribution in [2.24, 2.45) is 0 Å². The Balaban J connectivity index is 2.12. The van der Waals surface area contributed by atoms with Crippen LogP contribution >= 0.6 is 0 Å². The standard InChI is InChI=1S/C15H22N2O3/c1-12(18)16-11-15(17-7-9-20-10-8-17)13-3-5-14(19-2)6-4-13/h3-6,15H,7-11H2,1-2H3,(H,16,18). The first-order valence-electron chi connectivity index (χ1n) is 6.91. The lowest BCUT2D eigenvalue weighted by molar-refractivity contribution is -0.119. The summed E-state index contributed by atoms with van der Waals surface area (Å²) in [6.07, 6.45) is 0. The number of hydrogen-bond donors (Lipinski definition) is 1. The zero-order chi connectivity index (χ0) is 14.4. The molecule has 1 atom stereocenters. The summed E-state index contributed by atoms with van der Waals surface area (Å²) in [6.45, 7) is 5.41. The number of ether oxygens (including phenoxy) is 2. The second-order valence-corrected chi connectivity index (χ2v) is 4.87. The van der Waals surface area contributed by atoms with Gasteiger partial charge in [0, 0.05) is 26.6 Å². The van der Waals surface area contributed by atoms with Crippen molar-refractivity contribution in [2.75, 3.05) is 40.0 Å². The van der Waals surface area contributed by atoms with Crippen LogP contribution in [-0.4, -0.2) is 50.8 Å². The summed E-state index contributed by atoms with van der Waals surface area (Å²) in [5.41, 5.74) is 1.18. The molecule has 1 aromatic rings. The van der Waals surface area contributed by atoms with Crippen LogP contribution in [0.15, 0.2) is 24.3 Å². The second-order valence-electron chi connectivity index (χ2n) is 4.87. The van der Waals surface area contributed by atoms with Crippen LogP contribution < -0.4 is 10.1 Å². The number of carbonyl (C=O) groups excluding carboxylic acids is 1. The molecule has 5 heteroatoms. The molecule has 1 aromatic carbocycles. The highest BCUT2D eigenvalue weighted by Gasteiger charge is 2.22. The molecule has 1 saturated heterocycles. The van der Waals surface area contributed by atoms with E-state index in [0.717, 1.165) is 32.1 Å². The molecule has 20 heavy (non-hydrogen) atoms. The first-order valence-corrected chi connectivity index (χ1v) is 6.91.